The second-order valence-electron chi connectivity index (χ2n) is 2.39. The van der Waals surface area contributed by atoms with Gasteiger partial charge in [-0.1, -0.05) is 34.8 Å². The fraction of sp³-hybridized carbons (Fsp3) is 0.429. The van der Waals surface area contributed by atoms with E-state index in [1.54, 1.807) is 0 Å². The van der Waals surface area contributed by atoms with Gasteiger partial charge in [0.2, 0.25) is 3.79 Å². The average molecular weight is 245 g/mol. The zero-order chi connectivity index (χ0) is 10.8. The third-order valence-electron chi connectivity index (χ3n) is 1.25. The summed E-state index contributed by atoms with van der Waals surface area (Å²) in [7, 11) is 0. The molecule has 0 saturated carbocycles. The zero-order valence-electron chi connectivity index (χ0n) is 6.99. The molecule has 0 atom stereocenters. The van der Waals surface area contributed by atoms with Gasteiger partial charge >= 0.3 is 0 Å². The molecule has 0 aromatic heterocycles. The summed E-state index contributed by atoms with van der Waals surface area (Å²) in [6.45, 7) is 2.43. The number of aliphatic hydroxyl groups excluding tert-OH is 1. The van der Waals surface area contributed by atoms with Crippen LogP contribution in [0.15, 0.2) is 11.3 Å². The number of ketones is 1. The largest absolute Gasteiger partial charge is 0.512 e. The number of aliphatic hydroxyl groups is 1. The molecule has 6 heteroatoms. The van der Waals surface area contributed by atoms with Crippen molar-refractivity contribution in [2.45, 2.75) is 17.6 Å². The Labute approximate surface area is 90.8 Å². The third kappa shape index (κ3) is 3.55. The molecular weight excluding hydrogens is 236 g/mol. The van der Waals surface area contributed by atoms with Crippen LogP contribution in [0.5, 0.6) is 0 Å². The minimum Gasteiger partial charge on any atom is -0.512 e. The van der Waals surface area contributed by atoms with E-state index >= 15 is 0 Å². The van der Waals surface area contributed by atoms with Crippen molar-refractivity contribution < 1.29 is 9.90 Å². The van der Waals surface area contributed by atoms with Crippen LogP contribution in [-0.2, 0) is 4.79 Å². The van der Waals surface area contributed by atoms with Crippen LogP contribution in [0.2, 0.25) is 0 Å². The smallest absolute Gasteiger partial charge is 0.232 e. The van der Waals surface area contributed by atoms with Crippen LogP contribution in [0.3, 0.4) is 0 Å². The zero-order valence-corrected chi connectivity index (χ0v) is 9.26. The number of allylic oxidation sites excluding steroid dienone is 2. The molecule has 0 saturated heterocycles. The summed E-state index contributed by atoms with van der Waals surface area (Å²) in [6.07, 6.45) is 0. The van der Waals surface area contributed by atoms with Crippen LogP contribution in [-0.4, -0.2) is 20.4 Å². The molecular formula is C7H8Cl3NO2. The SMILES string of the molecule is CC(=O)C(C(=N)C(Cl)(Cl)Cl)=C(C)O. The number of halogens is 3. The van der Waals surface area contributed by atoms with Gasteiger partial charge in [0.15, 0.2) is 5.78 Å². The Morgan fingerprint density at radius 2 is 1.69 bits per heavy atom. The van der Waals surface area contributed by atoms with E-state index in [0.29, 0.717) is 0 Å². The molecule has 0 heterocycles. The number of Topliss-reactive ketones (excluding diaryl/α,β-unsaturated/α-hetero) is 1. The third-order valence-corrected chi connectivity index (χ3v) is 1.81. The van der Waals surface area contributed by atoms with Crippen molar-refractivity contribution in [2.24, 2.45) is 0 Å². The van der Waals surface area contributed by atoms with E-state index in [1.807, 2.05) is 0 Å². The number of carbonyl (C=O) groups excluding carboxylic acids is 1. The van der Waals surface area contributed by atoms with E-state index < -0.39 is 15.3 Å². The molecule has 0 spiro atoms. The second-order valence-corrected chi connectivity index (χ2v) is 4.67. The molecule has 0 radical (unpaired) electrons. The number of hydrogen-bond donors (Lipinski definition) is 2. The van der Waals surface area contributed by atoms with Gasteiger partial charge in [-0.25, -0.2) is 0 Å². The van der Waals surface area contributed by atoms with E-state index in [0.717, 1.165) is 0 Å². The minimum atomic E-state index is -2.00. The lowest BCUT2D eigenvalue weighted by Crippen LogP contribution is -2.24. The normalized spacial score (nSPS) is 13.6. The van der Waals surface area contributed by atoms with Crippen LogP contribution in [0.1, 0.15) is 13.8 Å². The molecule has 0 unspecified atom stereocenters. The molecule has 0 amide bonds. The van der Waals surface area contributed by atoms with Crippen molar-refractivity contribution >= 4 is 46.3 Å². The number of nitrogens with one attached hydrogen (secondary N) is 1. The van der Waals surface area contributed by atoms with Gasteiger partial charge in [-0.3, -0.25) is 10.2 Å². The van der Waals surface area contributed by atoms with Gasteiger partial charge in [-0.05, 0) is 13.8 Å². The summed E-state index contributed by atoms with van der Waals surface area (Å²) in [5.41, 5.74) is -0.787. The van der Waals surface area contributed by atoms with Gasteiger partial charge in [0.1, 0.15) is 5.76 Å². The molecule has 0 aliphatic rings. The predicted octanol–water partition coefficient (Wildman–Crippen LogP) is 2.80. The topological polar surface area (TPSA) is 61.2 Å². The number of hydrogen-bond acceptors (Lipinski definition) is 3. The molecule has 2 N–H and O–H groups in total. The highest BCUT2D eigenvalue weighted by molar-refractivity contribution is 6.78. The first-order valence-electron chi connectivity index (χ1n) is 3.24. The summed E-state index contributed by atoms with van der Waals surface area (Å²) in [6, 6.07) is 0. The Morgan fingerprint density at radius 1 is 1.31 bits per heavy atom. The average Bonchev–Trinajstić information content (AvgIpc) is 1.82. The van der Waals surface area contributed by atoms with Crippen molar-refractivity contribution in [2.75, 3.05) is 0 Å². The lowest BCUT2D eigenvalue weighted by Gasteiger charge is -2.14. The van der Waals surface area contributed by atoms with Crippen molar-refractivity contribution in [3.63, 3.8) is 0 Å². The summed E-state index contributed by atoms with van der Waals surface area (Å²) in [5, 5.41) is 16.4. The Hall–Kier alpha value is -0.250. The van der Waals surface area contributed by atoms with E-state index in [4.69, 9.17) is 45.3 Å². The Balaban J connectivity index is 5.16. The van der Waals surface area contributed by atoms with Gasteiger partial charge in [0, 0.05) is 0 Å². The maximum absolute atomic E-state index is 10.9. The van der Waals surface area contributed by atoms with E-state index in [1.165, 1.54) is 13.8 Å². The van der Waals surface area contributed by atoms with Crippen LogP contribution in [0.4, 0.5) is 0 Å². The number of rotatable bonds is 2. The fourth-order valence-electron chi connectivity index (χ4n) is 0.753. The van der Waals surface area contributed by atoms with E-state index in [9.17, 15) is 4.79 Å². The van der Waals surface area contributed by atoms with Crippen LogP contribution in [0, 0.1) is 5.41 Å². The maximum Gasteiger partial charge on any atom is 0.232 e. The van der Waals surface area contributed by atoms with Crippen molar-refractivity contribution in [1.29, 1.82) is 5.41 Å². The summed E-state index contributed by atoms with van der Waals surface area (Å²) >= 11 is 16.1. The molecule has 0 aliphatic heterocycles. The van der Waals surface area contributed by atoms with Crippen LogP contribution < -0.4 is 0 Å². The Kier molecular flexibility index (Phi) is 4.23. The van der Waals surface area contributed by atoms with Crippen molar-refractivity contribution in [3.05, 3.63) is 11.3 Å². The lowest BCUT2D eigenvalue weighted by molar-refractivity contribution is -0.113. The highest BCUT2D eigenvalue weighted by Gasteiger charge is 2.32. The van der Waals surface area contributed by atoms with Crippen LogP contribution >= 0.6 is 34.8 Å². The molecule has 3 nitrogen and oxygen atoms in total. The van der Waals surface area contributed by atoms with Gasteiger partial charge in [-0.2, -0.15) is 0 Å². The standard InChI is InChI=1S/C7H8Cl3NO2/c1-3(12)5(4(2)13)6(11)7(8,9)10/h11-12H,1-2H3. The molecule has 0 aromatic carbocycles. The second kappa shape index (κ2) is 4.31. The molecule has 13 heavy (non-hydrogen) atoms. The summed E-state index contributed by atoms with van der Waals surface area (Å²) < 4.78 is -2.00. The van der Waals surface area contributed by atoms with Crippen LogP contribution in [0.25, 0.3) is 0 Å². The van der Waals surface area contributed by atoms with Gasteiger partial charge in [-0.15, -0.1) is 0 Å². The molecule has 0 aliphatic carbocycles. The fourth-order valence-corrected chi connectivity index (χ4v) is 1.04. The molecule has 0 aromatic rings. The number of carbonyl (C=O) groups is 1. The highest BCUT2D eigenvalue weighted by Crippen LogP contribution is 2.31. The highest BCUT2D eigenvalue weighted by atomic mass is 35.6. The molecule has 0 fully saturated rings. The summed E-state index contributed by atoms with van der Waals surface area (Å²) in [5.74, 6) is -0.847. The van der Waals surface area contributed by atoms with Crippen molar-refractivity contribution in [1.82, 2.24) is 0 Å². The quantitative estimate of drug-likeness (QED) is 0.340. The Bertz CT molecular complexity index is 274. The first-order valence-corrected chi connectivity index (χ1v) is 4.38. The lowest BCUT2D eigenvalue weighted by atomic mass is 10.1. The first-order chi connectivity index (χ1) is 5.68. The summed E-state index contributed by atoms with van der Waals surface area (Å²) in [4.78, 5) is 10.9. The monoisotopic (exact) mass is 243 g/mol. The van der Waals surface area contributed by atoms with Gasteiger partial charge in [0.05, 0.1) is 11.3 Å². The van der Waals surface area contributed by atoms with E-state index in [-0.39, 0.29) is 11.3 Å². The Morgan fingerprint density at radius 3 is 1.77 bits per heavy atom. The van der Waals surface area contributed by atoms with Gasteiger partial charge in [0.25, 0.3) is 0 Å². The van der Waals surface area contributed by atoms with Gasteiger partial charge < -0.3 is 5.11 Å². The minimum absolute atomic E-state index is 0.264. The first kappa shape index (κ1) is 12.8. The van der Waals surface area contributed by atoms with Crippen molar-refractivity contribution in [3.8, 4) is 0 Å². The number of alkyl halides is 3. The maximum atomic E-state index is 10.9. The molecule has 74 valence electrons. The predicted molar refractivity (Wildman–Crippen MR) is 54.0 cm³/mol. The van der Waals surface area contributed by atoms with E-state index in [2.05, 4.69) is 0 Å². The molecule has 0 rings (SSSR count). The molecule has 0 bridgehead atoms.